The zero-order valence-electron chi connectivity index (χ0n) is 8.02. The van der Waals surface area contributed by atoms with Crippen molar-refractivity contribution >= 4 is 0 Å². The van der Waals surface area contributed by atoms with Crippen LogP contribution in [0.15, 0.2) is 0 Å². The number of hydrogen-bond acceptors (Lipinski definition) is 2. The Balaban J connectivity index is 3.23. The van der Waals surface area contributed by atoms with E-state index in [9.17, 15) is 0 Å². The predicted molar refractivity (Wildman–Crippen MR) is 48.6 cm³/mol. The minimum atomic E-state index is -0.0340. The van der Waals surface area contributed by atoms with Gasteiger partial charge in [-0.1, -0.05) is 13.8 Å². The van der Waals surface area contributed by atoms with Crippen LogP contribution in [0.5, 0.6) is 0 Å². The molecule has 0 aromatic rings. The van der Waals surface area contributed by atoms with Gasteiger partial charge in [0.25, 0.3) is 0 Å². The first-order valence-electron chi connectivity index (χ1n) is 4.49. The van der Waals surface area contributed by atoms with Crippen LogP contribution in [0.25, 0.3) is 0 Å². The van der Waals surface area contributed by atoms with Gasteiger partial charge in [-0.25, -0.2) is 0 Å². The lowest BCUT2D eigenvalue weighted by Crippen LogP contribution is -2.36. The maximum atomic E-state index is 5.92. The fourth-order valence-electron chi connectivity index (χ4n) is 0.729. The highest BCUT2D eigenvalue weighted by molar-refractivity contribution is 4.75. The van der Waals surface area contributed by atoms with Crippen molar-refractivity contribution in [3.05, 3.63) is 0 Å². The number of nitrogens with two attached hydrogens (primary N) is 1. The minimum absolute atomic E-state index is 0.0340. The van der Waals surface area contributed by atoms with Gasteiger partial charge in [0.1, 0.15) is 0 Å². The summed E-state index contributed by atoms with van der Waals surface area (Å²) < 4.78 is 5.34. The molecule has 11 heavy (non-hydrogen) atoms. The fraction of sp³-hybridized carbons (Fsp3) is 1.00. The molecule has 2 heteroatoms. The smallest absolute Gasteiger partial charge is 0.0483 e. The number of rotatable bonds is 6. The third kappa shape index (κ3) is 6.32. The van der Waals surface area contributed by atoms with Crippen LogP contribution in [-0.2, 0) is 4.74 Å². The van der Waals surface area contributed by atoms with Gasteiger partial charge in [0.15, 0.2) is 0 Å². The average Bonchev–Trinajstić information content (AvgIpc) is 1.99. The van der Waals surface area contributed by atoms with Gasteiger partial charge in [-0.3, -0.25) is 0 Å². The van der Waals surface area contributed by atoms with E-state index < -0.39 is 0 Å². The molecule has 0 aliphatic rings. The summed E-state index contributed by atoms with van der Waals surface area (Å²) in [7, 11) is 0. The molecule has 0 aromatic carbocycles. The van der Waals surface area contributed by atoms with Gasteiger partial charge in [-0.2, -0.15) is 0 Å². The van der Waals surface area contributed by atoms with Crippen molar-refractivity contribution in [2.45, 2.75) is 45.6 Å². The second-order valence-corrected chi connectivity index (χ2v) is 3.37. The van der Waals surface area contributed by atoms with Crippen LogP contribution < -0.4 is 5.73 Å². The quantitative estimate of drug-likeness (QED) is 0.601. The van der Waals surface area contributed by atoms with Crippen LogP contribution >= 0.6 is 0 Å². The lowest BCUT2D eigenvalue weighted by atomic mass is 9.97. The standard InChI is InChI=1S/C9H21NO/c1-4-7-11-8-6-9(3,10)5-2/h4-8,10H2,1-3H3. The van der Waals surface area contributed by atoms with Gasteiger partial charge < -0.3 is 10.5 Å². The topological polar surface area (TPSA) is 35.2 Å². The average molecular weight is 159 g/mol. The monoisotopic (exact) mass is 159 g/mol. The second kappa shape index (κ2) is 5.56. The molecule has 2 N–H and O–H groups in total. The number of ether oxygens (including phenoxy) is 1. The van der Waals surface area contributed by atoms with Crippen LogP contribution in [-0.4, -0.2) is 18.8 Å². The van der Waals surface area contributed by atoms with E-state index in [1.165, 1.54) is 0 Å². The van der Waals surface area contributed by atoms with Crippen LogP contribution in [0, 0.1) is 0 Å². The predicted octanol–water partition coefficient (Wildman–Crippen LogP) is 1.93. The van der Waals surface area contributed by atoms with Crippen molar-refractivity contribution in [3.8, 4) is 0 Å². The van der Waals surface area contributed by atoms with E-state index in [1.807, 2.05) is 0 Å². The lowest BCUT2D eigenvalue weighted by Gasteiger charge is -2.22. The normalized spacial score (nSPS) is 16.4. The van der Waals surface area contributed by atoms with Crippen molar-refractivity contribution in [1.29, 1.82) is 0 Å². The first-order chi connectivity index (χ1) is 5.12. The molecule has 0 radical (unpaired) electrons. The molecule has 68 valence electrons. The van der Waals surface area contributed by atoms with Crippen LogP contribution in [0.4, 0.5) is 0 Å². The molecular formula is C9H21NO. The minimum Gasteiger partial charge on any atom is -0.381 e. The summed E-state index contributed by atoms with van der Waals surface area (Å²) in [6, 6.07) is 0. The summed E-state index contributed by atoms with van der Waals surface area (Å²) in [6.07, 6.45) is 3.07. The molecule has 1 atom stereocenters. The molecule has 0 saturated carbocycles. The first kappa shape index (κ1) is 10.9. The van der Waals surface area contributed by atoms with E-state index in [2.05, 4.69) is 20.8 Å². The maximum Gasteiger partial charge on any atom is 0.0483 e. The lowest BCUT2D eigenvalue weighted by molar-refractivity contribution is 0.116. The molecule has 0 rings (SSSR count). The third-order valence-electron chi connectivity index (χ3n) is 1.97. The Kier molecular flexibility index (Phi) is 5.51. The summed E-state index contributed by atoms with van der Waals surface area (Å²) in [5.41, 5.74) is 5.88. The van der Waals surface area contributed by atoms with Crippen molar-refractivity contribution < 1.29 is 4.74 Å². The Labute approximate surface area is 70.1 Å². The molecule has 0 amide bonds. The van der Waals surface area contributed by atoms with Gasteiger partial charge in [0, 0.05) is 18.8 Å². The summed E-state index contributed by atoms with van der Waals surface area (Å²) in [5.74, 6) is 0. The fourth-order valence-corrected chi connectivity index (χ4v) is 0.729. The van der Waals surface area contributed by atoms with E-state index in [-0.39, 0.29) is 5.54 Å². The highest BCUT2D eigenvalue weighted by Crippen LogP contribution is 2.09. The Morgan fingerprint density at radius 2 is 1.91 bits per heavy atom. The van der Waals surface area contributed by atoms with Crippen molar-refractivity contribution in [2.75, 3.05) is 13.2 Å². The van der Waals surface area contributed by atoms with Gasteiger partial charge in [-0.15, -0.1) is 0 Å². The van der Waals surface area contributed by atoms with E-state index in [0.29, 0.717) is 0 Å². The molecule has 0 aromatic heterocycles. The second-order valence-electron chi connectivity index (χ2n) is 3.37. The van der Waals surface area contributed by atoms with Gasteiger partial charge in [-0.05, 0) is 26.2 Å². The van der Waals surface area contributed by atoms with E-state index in [4.69, 9.17) is 10.5 Å². The highest BCUT2D eigenvalue weighted by Gasteiger charge is 2.14. The van der Waals surface area contributed by atoms with Gasteiger partial charge in [0.05, 0.1) is 0 Å². The zero-order valence-corrected chi connectivity index (χ0v) is 8.02. The number of hydrogen-bond donors (Lipinski definition) is 1. The Morgan fingerprint density at radius 3 is 2.36 bits per heavy atom. The van der Waals surface area contributed by atoms with Crippen molar-refractivity contribution in [3.63, 3.8) is 0 Å². The molecule has 0 fully saturated rings. The van der Waals surface area contributed by atoms with Gasteiger partial charge in [0.2, 0.25) is 0 Å². The molecule has 0 aliphatic heterocycles. The highest BCUT2D eigenvalue weighted by atomic mass is 16.5. The largest absolute Gasteiger partial charge is 0.381 e. The molecule has 0 aliphatic carbocycles. The molecule has 1 unspecified atom stereocenters. The molecule has 2 nitrogen and oxygen atoms in total. The van der Waals surface area contributed by atoms with E-state index in [0.717, 1.165) is 32.5 Å². The van der Waals surface area contributed by atoms with Crippen LogP contribution in [0.3, 0.4) is 0 Å². The summed E-state index contributed by atoms with van der Waals surface area (Å²) in [6.45, 7) is 7.96. The maximum absolute atomic E-state index is 5.92. The Morgan fingerprint density at radius 1 is 1.27 bits per heavy atom. The van der Waals surface area contributed by atoms with Crippen molar-refractivity contribution in [1.82, 2.24) is 0 Å². The molecule has 0 spiro atoms. The Bertz CT molecular complexity index is 91.6. The Hall–Kier alpha value is -0.0800. The summed E-state index contributed by atoms with van der Waals surface area (Å²) in [5, 5.41) is 0. The summed E-state index contributed by atoms with van der Waals surface area (Å²) in [4.78, 5) is 0. The molecule has 0 saturated heterocycles. The third-order valence-corrected chi connectivity index (χ3v) is 1.97. The van der Waals surface area contributed by atoms with Crippen molar-refractivity contribution in [2.24, 2.45) is 5.73 Å². The van der Waals surface area contributed by atoms with Crippen LogP contribution in [0.2, 0.25) is 0 Å². The SMILES string of the molecule is CCCOCCC(C)(N)CC. The zero-order chi connectivity index (χ0) is 8.74. The van der Waals surface area contributed by atoms with Crippen LogP contribution in [0.1, 0.15) is 40.0 Å². The first-order valence-corrected chi connectivity index (χ1v) is 4.49. The van der Waals surface area contributed by atoms with E-state index in [1.54, 1.807) is 0 Å². The molecule has 0 heterocycles. The molecular weight excluding hydrogens is 138 g/mol. The van der Waals surface area contributed by atoms with Gasteiger partial charge >= 0.3 is 0 Å². The molecule has 0 bridgehead atoms. The van der Waals surface area contributed by atoms with E-state index >= 15 is 0 Å². The summed E-state index contributed by atoms with van der Waals surface area (Å²) >= 11 is 0.